The van der Waals surface area contributed by atoms with E-state index < -0.39 is 21.4 Å². The van der Waals surface area contributed by atoms with E-state index in [1.54, 1.807) is 54.2 Å². The lowest BCUT2D eigenvalue weighted by molar-refractivity contribution is 0.172. The fourth-order valence-electron chi connectivity index (χ4n) is 3.65. The molecule has 0 spiro atoms. The zero-order valence-corrected chi connectivity index (χ0v) is 21.7. The number of methoxy groups -OCH3 is 3. The molecule has 4 rings (SSSR count). The number of nitrogens with one attached hydrogen (secondary N) is 1. The molecule has 1 aromatic carbocycles. The molecule has 0 aliphatic rings. The highest BCUT2D eigenvalue weighted by molar-refractivity contribution is 7.93. The van der Waals surface area contributed by atoms with Crippen LogP contribution in [0, 0.1) is 0 Å². The Morgan fingerprint density at radius 1 is 1.00 bits per heavy atom. The number of aliphatic hydroxyl groups is 1. The van der Waals surface area contributed by atoms with E-state index in [-0.39, 0.29) is 17.5 Å². The van der Waals surface area contributed by atoms with Gasteiger partial charge < -0.3 is 23.9 Å². The minimum absolute atomic E-state index is 0.164. The molecule has 2 N–H and O–H groups in total. The van der Waals surface area contributed by atoms with Crippen LogP contribution in [0.15, 0.2) is 48.9 Å². The Balaban J connectivity index is 1.85. The highest BCUT2D eigenvalue weighted by Gasteiger charge is 2.33. The quantitative estimate of drug-likeness (QED) is 0.311. The number of rotatable bonds is 10. The van der Waals surface area contributed by atoms with E-state index in [1.165, 1.54) is 39.1 Å². The number of benzene rings is 1. The van der Waals surface area contributed by atoms with Crippen molar-refractivity contribution in [3.8, 4) is 34.6 Å². The largest absolute Gasteiger partial charge is 0.494 e. The van der Waals surface area contributed by atoms with Gasteiger partial charge in [-0.05, 0) is 25.1 Å². The minimum atomic E-state index is -4.20. The van der Waals surface area contributed by atoms with Crippen molar-refractivity contribution in [3.05, 3.63) is 54.6 Å². The average molecular weight is 530 g/mol. The standard InChI is InChI=1S/C23H27N7O6S/c1-14(21(31)16-12-29(2)13-24-16)37(32,33)28-23-27-26-22(15-8-6-11-19(25-15)36-5)30(23)20-17(34-3)9-7-10-18(20)35-4/h6-14,21,31H,1-5H3,(H,27,28)/t14-,21+/m1/s1. The van der Waals surface area contributed by atoms with Crippen LogP contribution in [0.1, 0.15) is 18.7 Å². The van der Waals surface area contributed by atoms with E-state index in [0.717, 1.165) is 0 Å². The summed E-state index contributed by atoms with van der Waals surface area (Å²) in [6, 6.07) is 10.2. The molecular formula is C23H27N7O6S. The van der Waals surface area contributed by atoms with E-state index in [4.69, 9.17) is 14.2 Å². The fourth-order valence-corrected chi connectivity index (χ4v) is 4.70. The summed E-state index contributed by atoms with van der Waals surface area (Å²) >= 11 is 0. The van der Waals surface area contributed by atoms with Gasteiger partial charge in [-0.15, -0.1) is 10.2 Å². The molecule has 0 amide bonds. The summed E-state index contributed by atoms with van der Waals surface area (Å²) in [7, 11) is 1.95. The van der Waals surface area contributed by atoms with Gasteiger partial charge >= 0.3 is 0 Å². The third-order valence-corrected chi connectivity index (χ3v) is 7.35. The molecule has 0 bridgehead atoms. The van der Waals surface area contributed by atoms with Gasteiger partial charge in [0.05, 0.1) is 33.4 Å². The average Bonchev–Trinajstić information content (AvgIpc) is 3.52. The Kier molecular flexibility index (Phi) is 7.31. The van der Waals surface area contributed by atoms with Crippen molar-refractivity contribution in [2.45, 2.75) is 18.3 Å². The monoisotopic (exact) mass is 529 g/mol. The van der Waals surface area contributed by atoms with Crippen molar-refractivity contribution in [2.24, 2.45) is 7.05 Å². The Morgan fingerprint density at radius 2 is 1.68 bits per heavy atom. The third-order valence-electron chi connectivity index (χ3n) is 5.65. The molecule has 13 nitrogen and oxygen atoms in total. The van der Waals surface area contributed by atoms with Crippen LogP contribution in [-0.4, -0.2) is 69.4 Å². The summed E-state index contributed by atoms with van der Waals surface area (Å²) in [6.07, 6.45) is 1.63. The first-order valence-corrected chi connectivity index (χ1v) is 12.6. The number of aliphatic hydroxyl groups excluding tert-OH is 1. The fraction of sp³-hybridized carbons (Fsp3) is 0.304. The molecular weight excluding hydrogens is 502 g/mol. The zero-order chi connectivity index (χ0) is 26.7. The van der Waals surface area contributed by atoms with Gasteiger partial charge in [0.1, 0.15) is 34.2 Å². The Bertz CT molecular complexity index is 1480. The first kappa shape index (κ1) is 25.9. The van der Waals surface area contributed by atoms with Crippen molar-refractivity contribution in [1.82, 2.24) is 29.3 Å². The smallest absolute Gasteiger partial charge is 0.243 e. The summed E-state index contributed by atoms with van der Waals surface area (Å²) < 4.78 is 48.6. The number of aryl methyl sites for hydroxylation is 1. The summed E-state index contributed by atoms with van der Waals surface area (Å²) in [5.41, 5.74) is 0.911. The molecule has 0 saturated carbocycles. The minimum Gasteiger partial charge on any atom is -0.494 e. The Morgan fingerprint density at radius 3 is 2.27 bits per heavy atom. The highest BCUT2D eigenvalue weighted by Crippen LogP contribution is 2.38. The highest BCUT2D eigenvalue weighted by atomic mass is 32.2. The summed E-state index contributed by atoms with van der Waals surface area (Å²) in [6.45, 7) is 1.37. The maximum Gasteiger partial charge on any atom is 0.243 e. The third kappa shape index (κ3) is 5.06. The van der Waals surface area contributed by atoms with Crippen molar-refractivity contribution < 1.29 is 27.7 Å². The number of nitrogens with zero attached hydrogens (tertiary/aromatic N) is 6. The number of pyridine rings is 1. The number of para-hydroxylation sites is 1. The van der Waals surface area contributed by atoms with Crippen LogP contribution in [0.5, 0.6) is 17.4 Å². The van der Waals surface area contributed by atoms with Crippen molar-refractivity contribution >= 4 is 16.0 Å². The number of anilines is 1. The molecule has 0 fully saturated rings. The van der Waals surface area contributed by atoms with E-state index in [2.05, 4.69) is 24.9 Å². The first-order valence-electron chi connectivity index (χ1n) is 11.1. The van der Waals surface area contributed by atoms with Crippen LogP contribution in [0.2, 0.25) is 0 Å². The molecule has 14 heteroatoms. The van der Waals surface area contributed by atoms with Crippen LogP contribution in [0.4, 0.5) is 5.95 Å². The topological polar surface area (TPSA) is 156 Å². The predicted molar refractivity (Wildman–Crippen MR) is 134 cm³/mol. The second kappa shape index (κ2) is 10.4. The molecule has 2 atom stereocenters. The molecule has 4 aromatic rings. The van der Waals surface area contributed by atoms with Gasteiger partial charge in [0.15, 0.2) is 5.82 Å². The van der Waals surface area contributed by atoms with Crippen LogP contribution in [0.25, 0.3) is 17.2 Å². The van der Waals surface area contributed by atoms with Crippen molar-refractivity contribution in [2.75, 3.05) is 26.1 Å². The van der Waals surface area contributed by atoms with Crippen LogP contribution >= 0.6 is 0 Å². The van der Waals surface area contributed by atoms with E-state index in [0.29, 0.717) is 28.8 Å². The molecule has 0 saturated heterocycles. The number of aromatic nitrogens is 6. The number of hydrogen-bond donors (Lipinski definition) is 2. The van der Waals surface area contributed by atoms with Gasteiger partial charge in [-0.1, -0.05) is 12.1 Å². The number of imidazole rings is 1. The van der Waals surface area contributed by atoms with Gasteiger partial charge in [0.2, 0.25) is 21.9 Å². The Labute approximate surface area is 213 Å². The lowest BCUT2D eigenvalue weighted by Crippen LogP contribution is -2.32. The zero-order valence-electron chi connectivity index (χ0n) is 20.9. The van der Waals surface area contributed by atoms with Gasteiger partial charge in [0.25, 0.3) is 0 Å². The van der Waals surface area contributed by atoms with E-state index in [9.17, 15) is 13.5 Å². The van der Waals surface area contributed by atoms with Crippen LogP contribution < -0.4 is 18.9 Å². The molecule has 37 heavy (non-hydrogen) atoms. The van der Waals surface area contributed by atoms with Gasteiger partial charge in [0, 0.05) is 19.3 Å². The van der Waals surface area contributed by atoms with Crippen molar-refractivity contribution in [3.63, 3.8) is 0 Å². The summed E-state index contributed by atoms with van der Waals surface area (Å²) in [5, 5.41) is 17.7. The lowest BCUT2D eigenvalue weighted by atomic mass is 10.2. The maximum absolute atomic E-state index is 13.4. The predicted octanol–water partition coefficient (Wildman–Crippen LogP) is 1.95. The number of sulfonamides is 1. The molecule has 0 unspecified atom stereocenters. The van der Waals surface area contributed by atoms with Gasteiger partial charge in [-0.3, -0.25) is 9.29 Å². The van der Waals surface area contributed by atoms with Crippen molar-refractivity contribution in [1.29, 1.82) is 0 Å². The maximum atomic E-state index is 13.4. The van der Waals surface area contributed by atoms with Gasteiger partial charge in [-0.2, -0.15) is 0 Å². The molecule has 0 aliphatic carbocycles. The SMILES string of the molecule is COc1cccc(-c2nnc(NS(=O)(=O)[C@H](C)[C@H](O)c3cn(C)cn3)n2-c2c(OC)cccc2OC)n1. The second-order valence-corrected chi connectivity index (χ2v) is 10.1. The van der Waals surface area contributed by atoms with Crippen LogP contribution in [0.3, 0.4) is 0 Å². The van der Waals surface area contributed by atoms with E-state index >= 15 is 0 Å². The Hall–Kier alpha value is -4.17. The first-order chi connectivity index (χ1) is 17.7. The van der Waals surface area contributed by atoms with Crippen LogP contribution in [-0.2, 0) is 17.1 Å². The second-order valence-electron chi connectivity index (χ2n) is 8.02. The molecule has 3 aromatic heterocycles. The molecule has 196 valence electrons. The number of hydrogen-bond acceptors (Lipinski definition) is 10. The molecule has 3 heterocycles. The lowest BCUT2D eigenvalue weighted by Gasteiger charge is -2.20. The summed E-state index contributed by atoms with van der Waals surface area (Å²) in [5.74, 6) is 1.09. The van der Waals surface area contributed by atoms with Gasteiger partial charge in [-0.25, -0.2) is 18.4 Å². The number of ether oxygens (including phenoxy) is 3. The normalized spacial score (nSPS) is 13.1. The summed E-state index contributed by atoms with van der Waals surface area (Å²) in [4.78, 5) is 8.48. The molecule has 0 radical (unpaired) electrons. The van der Waals surface area contributed by atoms with E-state index in [1.807, 2.05) is 0 Å². The molecule has 0 aliphatic heterocycles.